The highest BCUT2D eigenvalue weighted by molar-refractivity contribution is 6.31. The Morgan fingerprint density at radius 2 is 2.24 bits per heavy atom. The van der Waals surface area contributed by atoms with Crippen molar-refractivity contribution < 1.29 is 4.79 Å². The van der Waals surface area contributed by atoms with E-state index < -0.39 is 0 Å². The Bertz CT molecular complexity index is 500. The van der Waals surface area contributed by atoms with Gasteiger partial charge in [0.15, 0.2) is 0 Å². The second-order valence-electron chi connectivity index (χ2n) is 3.92. The molecular weight excluding hydrogens is 236 g/mol. The summed E-state index contributed by atoms with van der Waals surface area (Å²) >= 11 is 5.91. The van der Waals surface area contributed by atoms with E-state index >= 15 is 0 Å². The maximum Gasteiger partial charge on any atom is 0.251 e. The van der Waals surface area contributed by atoms with E-state index in [-0.39, 0.29) is 5.91 Å². The molecule has 2 rings (SSSR count). The Morgan fingerprint density at radius 3 is 2.88 bits per heavy atom. The number of nitrogens with one attached hydrogen (secondary N) is 2. The van der Waals surface area contributed by atoms with Gasteiger partial charge >= 0.3 is 0 Å². The summed E-state index contributed by atoms with van der Waals surface area (Å²) in [6.07, 6.45) is 3.68. The molecule has 0 unspecified atom stereocenters. The van der Waals surface area contributed by atoms with Crippen LogP contribution in [0.15, 0.2) is 36.7 Å². The van der Waals surface area contributed by atoms with Crippen molar-refractivity contribution in [2.24, 2.45) is 0 Å². The van der Waals surface area contributed by atoms with Crippen molar-refractivity contribution in [1.29, 1.82) is 0 Å². The van der Waals surface area contributed by atoms with Crippen molar-refractivity contribution in [3.8, 4) is 0 Å². The van der Waals surface area contributed by atoms with E-state index in [4.69, 9.17) is 11.6 Å². The zero-order chi connectivity index (χ0) is 12.3. The molecule has 0 saturated heterocycles. The summed E-state index contributed by atoms with van der Waals surface area (Å²) in [7, 11) is 0. The van der Waals surface area contributed by atoms with Gasteiger partial charge < -0.3 is 10.3 Å². The van der Waals surface area contributed by atoms with Crippen LogP contribution in [0.5, 0.6) is 0 Å². The van der Waals surface area contributed by atoms with Crippen LogP contribution in [0.3, 0.4) is 0 Å². The van der Waals surface area contributed by atoms with Crippen LogP contribution in [0.25, 0.3) is 0 Å². The number of aromatic nitrogens is 1. The van der Waals surface area contributed by atoms with Crippen LogP contribution in [-0.2, 0) is 6.54 Å². The van der Waals surface area contributed by atoms with E-state index in [0.29, 0.717) is 17.1 Å². The molecule has 4 heteroatoms. The summed E-state index contributed by atoms with van der Waals surface area (Å²) in [6, 6.07) is 7.23. The van der Waals surface area contributed by atoms with Crippen LogP contribution in [0.1, 0.15) is 21.5 Å². The highest BCUT2D eigenvalue weighted by atomic mass is 35.5. The first-order chi connectivity index (χ1) is 8.15. The van der Waals surface area contributed by atoms with Gasteiger partial charge in [0, 0.05) is 29.5 Å². The smallest absolute Gasteiger partial charge is 0.251 e. The Balaban J connectivity index is 2.04. The number of amides is 1. The number of H-pyrrole nitrogens is 1. The number of aryl methyl sites for hydroxylation is 1. The summed E-state index contributed by atoms with van der Waals surface area (Å²) < 4.78 is 0. The molecule has 2 aromatic rings. The molecule has 88 valence electrons. The maximum absolute atomic E-state index is 11.9. The van der Waals surface area contributed by atoms with Crippen LogP contribution in [0, 0.1) is 6.92 Å². The lowest BCUT2D eigenvalue weighted by Crippen LogP contribution is -2.22. The predicted molar refractivity (Wildman–Crippen MR) is 68.2 cm³/mol. The quantitative estimate of drug-likeness (QED) is 0.862. The Morgan fingerprint density at radius 1 is 1.41 bits per heavy atom. The third kappa shape index (κ3) is 3.11. The number of carbonyl (C=O) groups is 1. The second kappa shape index (κ2) is 5.06. The lowest BCUT2D eigenvalue weighted by molar-refractivity contribution is 0.0951. The van der Waals surface area contributed by atoms with Crippen molar-refractivity contribution in [3.05, 3.63) is 58.4 Å². The predicted octanol–water partition coefficient (Wildman–Crippen LogP) is 2.91. The fourth-order valence-corrected chi connectivity index (χ4v) is 1.91. The fourth-order valence-electron chi connectivity index (χ4n) is 1.62. The average Bonchev–Trinajstić information content (AvgIpc) is 2.77. The van der Waals surface area contributed by atoms with Gasteiger partial charge in [0.25, 0.3) is 5.91 Å². The van der Waals surface area contributed by atoms with Gasteiger partial charge in [-0.3, -0.25) is 4.79 Å². The maximum atomic E-state index is 11.9. The minimum Gasteiger partial charge on any atom is -0.367 e. The summed E-state index contributed by atoms with van der Waals surface area (Å²) in [5.74, 6) is -0.114. The summed E-state index contributed by atoms with van der Waals surface area (Å²) in [6.45, 7) is 2.42. The number of halogens is 1. The number of hydrogen-bond donors (Lipinski definition) is 2. The summed E-state index contributed by atoms with van der Waals surface area (Å²) in [5, 5.41) is 3.42. The fraction of sp³-hybridized carbons (Fsp3) is 0.154. The Labute approximate surface area is 105 Å². The largest absolute Gasteiger partial charge is 0.367 e. The highest BCUT2D eigenvalue weighted by Gasteiger charge is 2.06. The van der Waals surface area contributed by atoms with Crippen LogP contribution < -0.4 is 5.32 Å². The van der Waals surface area contributed by atoms with E-state index in [1.807, 2.05) is 37.5 Å². The normalized spacial score (nSPS) is 10.2. The Hall–Kier alpha value is -1.74. The van der Waals surface area contributed by atoms with E-state index in [0.717, 1.165) is 11.1 Å². The first kappa shape index (κ1) is 11.7. The zero-order valence-corrected chi connectivity index (χ0v) is 10.2. The van der Waals surface area contributed by atoms with Gasteiger partial charge in [0.05, 0.1) is 0 Å². The number of aromatic amines is 1. The molecule has 0 aliphatic heterocycles. The molecule has 0 fully saturated rings. The number of hydrogen-bond acceptors (Lipinski definition) is 1. The number of carbonyl (C=O) groups excluding carboxylic acids is 1. The minimum atomic E-state index is -0.114. The average molecular weight is 249 g/mol. The van der Waals surface area contributed by atoms with Gasteiger partial charge in [-0.1, -0.05) is 11.6 Å². The summed E-state index contributed by atoms with van der Waals surface area (Å²) in [4.78, 5) is 14.8. The van der Waals surface area contributed by atoms with Gasteiger partial charge in [0.1, 0.15) is 0 Å². The van der Waals surface area contributed by atoms with E-state index in [2.05, 4.69) is 10.3 Å². The zero-order valence-electron chi connectivity index (χ0n) is 9.46. The third-order valence-electron chi connectivity index (χ3n) is 2.42. The number of rotatable bonds is 3. The van der Waals surface area contributed by atoms with Crippen LogP contribution in [0.2, 0.25) is 5.02 Å². The van der Waals surface area contributed by atoms with E-state index in [1.54, 1.807) is 6.07 Å². The monoisotopic (exact) mass is 248 g/mol. The first-order valence-corrected chi connectivity index (χ1v) is 5.70. The van der Waals surface area contributed by atoms with Crippen molar-refractivity contribution in [3.63, 3.8) is 0 Å². The van der Waals surface area contributed by atoms with E-state index in [9.17, 15) is 4.79 Å². The van der Waals surface area contributed by atoms with Crippen LogP contribution >= 0.6 is 11.6 Å². The molecule has 1 amide bonds. The van der Waals surface area contributed by atoms with Crippen molar-refractivity contribution in [2.45, 2.75) is 13.5 Å². The lowest BCUT2D eigenvalue weighted by atomic mass is 10.1. The minimum absolute atomic E-state index is 0.114. The lowest BCUT2D eigenvalue weighted by Gasteiger charge is -2.05. The number of benzene rings is 1. The van der Waals surface area contributed by atoms with Crippen molar-refractivity contribution in [1.82, 2.24) is 10.3 Å². The molecule has 0 aliphatic carbocycles. The molecule has 1 heterocycles. The topological polar surface area (TPSA) is 44.9 Å². The van der Waals surface area contributed by atoms with Crippen LogP contribution in [-0.4, -0.2) is 10.9 Å². The molecule has 0 atom stereocenters. The molecule has 0 spiro atoms. The van der Waals surface area contributed by atoms with Gasteiger partial charge in [-0.05, 0) is 42.3 Å². The standard InChI is InChI=1S/C13H13ClN2O/c1-9-4-11(6-12(14)5-9)13(17)16-8-10-2-3-15-7-10/h2-7,15H,8H2,1H3,(H,16,17). The molecule has 17 heavy (non-hydrogen) atoms. The molecule has 0 radical (unpaired) electrons. The van der Waals surface area contributed by atoms with E-state index in [1.165, 1.54) is 0 Å². The molecule has 2 N–H and O–H groups in total. The third-order valence-corrected chi connectivity index (χ3v) is 2.64. The molecule has 0 aliphatic rings. The van der Waals surface area contributed by atoms with Crippen molar-refractivity contribution >= 4 is 17.5 Å². The first-order valence-electron chi connectivity index (χ1n) is 5.32. The van der Waals surface area contributed by atoms with Gasteiger partial charge in [0.2, 0.25) is 0 Å². The Kier molecular flexibility index (Phi) is 3.49. The molecule has 3 nitrogen and oxygen atoms in total. The molecule has 1 aromatic carbocycles. The van der Waals surface area contributed by atoms with Gasteiger partial charge in [-0.25, -0.2) is 0 Å². The summed E-state index contributed by atoms with van der Waals surface area (Å²) in [5.41, 5.74) is 2.60. The molecule has 0 bridgehead atoms. The SMILES string of the molecule is Cc1cc(Cl)cc(C(=O)NCc2cc[nH]c2)c1. The van der Waals surface area contributed by atoms with Crippen LogP contribution in [0.4, 0.5) is 0 Å². The molecule has 0 saturated carbocycles. The highest BCUT2D eigenvalue weighted by Crippen LogP contribution is 2.14. The molecular formula is C13H13ClN2O. The molecule has 1 aromatic heterocycles. The second-order valence-corrected chi connectivity index (χ2v) is 4.36. The van der Waals surface area contributed by atoms with Gasteiger partial charge in [-0.2, -0.15) is 0 Å². The van der Waals surface area contributed by atoms with Crippen molar-refractivity contribution in [2.75, 3.05) is 0 Å². The van der Waals surface area contributed by atoms with Gasteiger partial charge in [-0.15, -0.1) is 0 Å².